The molecular formula is C15H10BrClN2O3. The highest BCUT2D eigenvalue weighted by Gasteiger charge is 2.11. The van der Waals surface area contributed by atoms with E-state index in [1.54, 1.807) is 24.3 Å². The monoisotopic (exact) mass is 380 g/mol. The molecule has 0 spiro atoms. The number of amides is 1. The van der Waals surface area contributed by atoms with Crippen molar-refractivity contribution >= 4 is 50.9 Å². The Morgan fingerprint density at radius 3 is 2.73 bits per heavy atom. The average molecular weight is 382 g/mol. The van der Waals surface area contributed by atoms with Gasteiger partial charge in [0.15, 0.2) is 0 Å². The Bertz CT molecular complexity index is 762. The molecule has 7 heteroatoms. The lowest BCUT2D eigenvalue weighted by molar-refractivity contribution is -0.384. The van der Waals surface area contributed by atoms with E-state index < -0.39 is 4.92 Å². The second kappa shape index (κ2) is 7.20. The predicted octanol–water partition coefficient (Wildman–Crippen LogP) is 4.66. The molecule has 0 fully saturated rings. The zero-order valence-electron chi connectivity index (χ0n) is 11.1. The molecule has 0 aliphatic rings. The molecule has 2 rings (SSSR count). The summed E-state index contributed by atoms with van der Waals surface area (Å²) in [5.74, 6) is -0.337. The quantitative estimate of drug-likeness (QED) is 0.475. The topological polar surface area (TPSA) is 72.2 Å². The van der Waals surface area contributed by atoms with Crippen LogP contribution >= 0.6 is 27.5 Å². The fraction of sp³-hybridized carbons (Fsp3) is 0. The molecule has 0 aromatic heterocycles. The molecule has 0 aliphatic carbocycles. The van der Waals surface area contributed by atoms with Crippen molar-refractivity contribution < 1.29 is 9.72 Å². The Hall–Kier alpha value is -2.18. The highest BCUT2D eigenvalue weighted by Crippen LogP contribution is 2.25. The van der Waals surface area contributed by atoms with Crippen LogP contribution in [-0.2, 0) is 4.79 Å². The lowest BCUT2D eigenvalue weighted by Gasteiger charge is -2.02. The highest BCUT2D eigenvalue weighted by molar-refractivity contribution is 9.10. The first-order chi connectivity index (χ1) is 10.5. The maximum atomic E-state index is 11.8. The molecule has 0 unspecified atom stereocenters. The zero-order chi connectivity index (χ0) is 16.1. The molecular weight excluding hydrogens is 372 g/mol. The fourth-order valence-corrected chi connectivity index (χ4v) is 2.28. The number of benzene rings is 2. The van der Waals surface area contributed by atoms with Crippen molar-refractivity contribution in [1.29, 1.82) is 0 Å². The van der Waals surface area contributed by atoms with E-state index in [-0.39, 0.29) is 16.6 Å². The molecule has 0 atom stereocenters. The van der Waals surface area contributed by atoms with Crippen molar-refractivity contribution in [3.63, 3.8) is 0 Å². The third-order valence-corrected chi connectivity index (χ3v) is 3.50. The van der Waals surface area contributed by atoms with E-state index in [0.717, 1.165) is 4.47 Å². The molecule has 2 aromatic carbocycles. The number of anilines is 1. The van der Waals surface area contributed by atoms with Crippen LogP contribution < -0.4 is 5.32 Å². The number of carbonyl (C=O) groups is 1. The lowest BCUT2D eigenvalue weighted by atomic mass is 10.2. The smallest absolute Gasteiger partial charge is 0.288 e. The van der Waals surface area contributed by atoms with Crippen LogP contribution in [0.25, 0.3) is 6.08 Å². The Morgan fingerprint density at radius 1 is 1.27 bits per heavy atom. The van der Waals surface area contributed by atoms with Gasteiger partial charge in [-0.3, -0.25) is 14.9 Å². The summed E-state index contributed by atoms with van der Waals surface area (Å²) in [5, 5.41) is 13.5. The van der Waals surface area contributed by atoms with E-state index in [9.17, 15) is 14.9 Å². The number of hydrogen-bond acceptors (Lipinski definition) is 3. The van der Waals surface area contributed by atoms with Gasteiger partial charge in [-0.25, -0.2) is 0 Å². The maximum absolute atomic E-state index is 11.8. The third kappa shape index (κ3) is 4.41. The number of nitrogens with zero attached hydrogens (tertiary/aromatic N) is 1. The van der Waals surface area contributed by atoms with Gasteiger partial charge in [-0.15, -0.1) is 0 Å². The number of nitrogens with one attached hydrogen (secondary N) is 1. The van der Waals surface area contributed by atoms with Crippen LogP contribution in [0, 0.1) is 10.1 Å². The minimum absolute atomic E-state index is 0.0562. The zero-order valence-corrected chi connectivity index (χ0v) is 13.5. The summed E-state index contributed by atoms with van der Waals surface area (Å²) >= 11 is 9.04. The van der Waals surface area contributed by atoms with Crippen LogP contribution in [0.1, 0.15) is 5.56 Å². The summed E-state index contributed by atoms with van der Waals surface area (Å²) in [4.78, 5) is 22.0. The molecule has 1 N–H and O–H groups in total. The molecule has 112 valence electrons. The Kier molecular flexibility index (Phi) is 5.30. The van der Waals surface area contributed by atoms with Gasteiger partial charge in [0.25, 0.3) is 5.69 Å². The molecule has 0 saturated heterocycles. The molecule has 2 aromatic rings. The van der Waals surface area contributed by atoms with E-state index in [1.807, 2.05) is 6.07 Å². The molecule has 0 radical (unpaired) electrons. The minimum Gasteiger partial charge on any atom is -0.322 e. The first-order valence-corrected chi connectivity index (χ1v) is 7.31. The second-order valence-electron chi connectivity index (χ2n) is 4.30. The van der Waals surface area contributed by atoms with Crippen LogP contribution in [0.15, 0.2) is 53.0 Å². The predicted molar refractivity (Wildman–Crippen MR) is 89.9 cm³/mol. The van der Waals surface area contributed by atoms with Crippen molar-refractivity contribution in [1.82, 2.24) is 0 Å². The summed E-state index contributed by atoms with van der Waals surface area (Å²) in [7, 11) is 0. The van der Waals surface area contributed by atoms with Crippen LogP contribution in [0.2, 0.25) is 5.02 Å². The van der Waals surface area contributed by atoms with E-state index in [4.69, 9.17) is 11.6 Å². The van der Waals surface area contributed by atoms with Crippen LogP contribution in [-0.4, -0.2) is 10.8 Å². The Morgan fingerprint density at radius 2 is 2.05 bits per heavy atom. The van der Waals surface area contributed by atoms with Crippen molar-refractivity contribution in [3.8, 4) is 0 Å². The highest BCUT2D eigenvalue weighted by atomic mass is 79.9. The van der Waals surface area contributed by atoms with Gasteiger partial charge in [0.05, 0.1) is 4.92 Å². The minimum atomic E-state index is -0.568. The lowest BCUT2D eigenvalue weighted by Crippen LogP contribution is -2.07. The van der Waals surface area contributed by atoms with Gasteiger partial charge < -0.3 is 5.32 Å². The molecule has 0 bridgehead atoms. The largest absolute Gasteiger partial charge is 0.322 e. The number of nitro benzene ring substituents is 1. The summed E-state index contributed by atoms with van der Waals surface area (Å²) in [6.07, 6.45) is 2.78. The number of halogens is 2. The van der Waals surface area contributed by atoms with Gasteiger partial charge >= 0.3 is 0 Å². The van der Waals surface area contributed by atoms with Gasteiger partial charge in [-0.05, 0) is 35.9 Å². The number of rotatable bonds is 4. The van der Waals surface area contributed by atoms with Crippen LogP contribution in [0.4, 0.5) is 11.4 Å². The van der Waals surface area contributed by atoms with Crippen molar-refractivity contribution in [2.45, 2.75) is 0 Å². The number of carbonyl (C=O) groups excluding carboxylic acids is 1. The van der Waals surface area contributed by atoms with Crippen molar-refractivity contribution in [2.24, 2.45) is 0 Å². The maximum Gasteiger partial charge on any atom is 0.288 e. The van der Waals surface area contributed by atoms with Crippen molar-refractivity contribution in [3.05, 3.63) is 73.7 Å². The number of nitro groups is 1. The van der Waals surface area contributed by atoms with Crippen LogP contribution in [0.5, 0.6) is 0 Å². The van der Waals surface area contributed by atoms with Crippen LogP contribution in [0.3, 0.4) is 0 Å². The first-order valence-electron chi connectivity index (χ1n) is 6.14. The summed E-state index contributed by atoms with van der Waals surface area (Å²) in [6, 6.07) is 11.5. The SMILES string of the molecule is O=C(/C=C/c1ccc(Cl)c([N+](=O)[O-])c1)Nc1cccc(Br)c1. The first kappa shape index (κ1) is 16.2. The number of hydrogen-bond donors (Lipinski definition) is 1. The molecule has 1 amide bonds. The Labute approximate surface area is 139 Å². The van der Waals surface area contributed by atoms with E-state index >= 15 is 0 Å². The van der Waals surface area contributed by atoms with E-state index in [1.165, 1.54) is 24.3 Å². The van der Waals surface area contributed by atoms with Gasteiger partial charge in [0.2, 0.25) is 5.91 Å². The molecule has 0 aliphatic heterocycles. The normalized spacial score (nSPS) is 10.6. The van der Waals surface area contributed by atoms with Gasteiger partial charge in [-0.1, -0.05) is 39.7 Å². The summed E-state index contributed by atoms with van der Waals surface area (Å²) in [5.41, 5.74) is 0.961. The third-order valence-electron chi connectivity index (χ3n) is 2.69. The standard InChI is InChI=1S/C15H10BrClN2O3/c16-11-2-1-3-12(9-11)18-15(20)7-5-10-4-6-13(17)14(8-10)19(21)22/h1-9H,(H,18,20)/b7-5+. The van der Waals surface area contributed by atoms with Gasteiger partial charge in [0.1, 0.15) is 5.02 Å². The van der Waals surface area contributed by atoms with E-state index in [0.29, 0.717) is 11.3 Å². The molecule has 0 saturated carbocycles. The summed E-state index contributed by atoms with van der Waals surface area (Å²) in [6.45, 7) is 0. The van der Waals surface area contributed by atoms with E-state index in [2.05, 4.69) is 21.2 Å². The molecule has 22 heavy (non-hydrogen) atoms. The van der Waals surface area contributed by atoms with Crippen molar-refractivity contribution in [2.75, 3.05) is 5.32 Å². The Balaban J connectivity index is 2.10. The summed E-state index contributed by atoms with van der Waals surface area (Å²) < 4.78 is 0.850. The molecule has 0 heterocycles. The van der Waals surface area contributed by atoms with Gasteiger partial charge in [-0.2, -0.15) is 0 Å². The van der Waals surface area contributed by atoms with Gasteiger partial charge in [0, 0.05) is 22.3 Å². The molecule has 5 nitrogen and oxygen atoms in total. The second-order valence-corrected chi connectivity index (χ2v) is 5.62. The fourth-order valence-electron chi connectivity index (χ4n) is 1.70. The average Bonchev–Trinajstić information content (AvgIpc) is 2.46.